The molecule has 0 saturated heterocycles. The molecule has 0 atom stereocenters. The molecule has 0 spiro atoms. The Balaban J connectivity index is 1.47. The molecule has 1 aliphatic rings. The van der Waals surface area contributed by atoms with Crippen LogP contribution in [0.4, 0.5) is 0 Å². The van der Waals surface area contributed by atoms with E-state index >= 15 is 0 Å². The largest absolute Gasteiger partial charge is 0.497 e. The first-order valence-electron chi connectivity index (χ1n) is 8.76. The fourth-order valence-electron chi connectivity index (χ4n) is 2.60. The van der Waals surface area contributed by atoms with Crippen LogP contribution in [0.2, 0.25) is 0 Å². The molecule has 1 amide bonds. The van der Waals surface area contributed by atoms with Gasteiger partial charge in [-0.2, -0.15) is 0 Å². The molecule has 1 aromatic heterocycles. The third-order valence-corrected chi connectivity index (χ3v) is 4.27. The number of hydrogen-bond acceptors (Lipinski definition) is 5. The molecule has 1 N–H and O–H groups in total. The maximum atomic E-state index is 12.2. The van der Waals surface area contributed by atoms with Crippen molar-refractivity contribution < 1.29 is 14.3 Å². The lowest BCUT2D eigenvalue weighted by molar-refractivity contribution is 0.0951. The zero-order valence-corrected chi connectivity index (χ0v) is 14.9. The van der Waals surface area contributed by atoms with Gasteiger partial charge in [-0.3, -0.25) is 4.79 Å². The molecule has 1 saturated carbocycles. The number of aromatic nitrogens is 2. The number of carbonyl (C=O) groups excluding carboxylic acids is 1. The molecule has 1 heterocycles. The second-order valence-electron chi connectivity index (χ2n) is 6.36. The topological polar surface area (TPSA) is 73.3 Å². The number of nitrogens with one attached hydrogen (secondary N) is 1. The van der Waals surface area contributed by atoms with E-state index in [0.717, 1.165) is 29.7 Å². The first kappa shape index (κ1) is 17.0. The molecule has 1 aliphatic carbocycles. The number of ether oxygens (including phenoxy) is 2. The molecular formula is C21H19N3O3. The van der Waals surface area contributed by atoms with Crippen LogP contribution in [0.25, 0.3) is 11.1 Å². The Morgan fingerprint density at radius 2 is 1.70 bits per heavy atom. The lowest BCUT2D eigenvalue weighted by atomic mass is 10.1. The van der Waals surface area contributed by atoms with Gasteiger partial charge in [-0.15, -0.1) is 0 Å². The van der Waals surface area contributed by atoms with E-state index in [-0.39, 0.29) is 11.9 Å². The Labute approximate surface area is 157 Å². The number of hydrogen-bond donors (Lipinski definition) is 1. The van der Waals surface area contributed by atoms with Crippen LogP contribution in [0.5, 0.6) is 17.5 Å². The zero-order valence-electron chi connectivity index (χ0n) is 14.9. The first-order valence-corrected chi connectivity index (χ1v) is 8.76. The minimum atomic E-state index is -0.0419. The first-order chi connectivity index (χ1) is 13.2. The molecule has 0 bridgehead atoms. The SMILES string of the molecule is COc1ccc(Oc2ncc(-c3cccc(C(=O)NC4CC4)c3)cn2)cc1. The van der Waals surface area contributed by atoms with Crippen molar-refractivity contribution in [3.8, 4) is 28.6 Å². The summed E-state index contributed by atoms with van der Waals surface area (Å²) in [7, 11) is 1.61. The maximum Gasteiger partial charge on any atom is 0.321 e. The van der Waals surface area contributed by atoms with Crippen LogP contribution >= 0.6 is 0 Å². The molecule has 6 nitrogen and oxygen atoms in total. The Morgan fingerprint density at radius 1 is 1.00 bits per heavy atom. The van der Waals surface area contributed by atoms with Gasteiger partial charge in [-0.05, 0) is 54.8 Å². The van der Waals surface area contributed by atoms with E-state index in [9.17, 15) is 4.79 Å². The average Bonchev–Trinajstić information content (AvgIpc) is 3.53. The maximum absolute atomic E-state index is 12.2. The fourth-order valence-corrected chi connectivity index (χ4v) is 2.60. The minimum Gasteiger partial charge on any atom is -0.497 e. The highest BCUT2D eigenvalue weighted by molar-refractivity contribution is 5.95. The predicted molar refractivity (Wildman–Crippen MR) is 101 cm³/mol. The van der Waals surface area contributed by atoms with Crippen molar-refractivity contribution in [1.29, 1.82) is 0 Å². The number of methoxy groups -OCH3 is 1. The van der Waals surface area contributed by atoms with Gasteiger partial charge in [0.05, 0.1) is 7.11 Å². The number of rotatable bonds is 6. The molecule has 4 rings (SSSR count). The zero-order chi connectivity index (χ0) is 18.6. The van der Waals surface area contributed by atoms with E-state index in [0.29, 0.717) is 17.4 Å². The van der Waals surface area contributed by atoms with Gasteiger partial charge in [-0.1, -0.05) is 12.1 Å². The van der Waals surface area contributed by atoms with E-state index in [2.05, 4.69) is 15.3 Å². The van der Waals surface area contributed by atoms with Crippen LogP contribution in [0.1, 0.15) is 23.2 Å². The second kappa shape index (κ2) is 7.45. The van der Waals surface area contributed by atoms with Crippen molar-refractivity contribution in [2.45, 2.75) is 18.9 Å². The Hall–Kier alpha value is -3.41. The summed E-state index contributed by atoms with van der Waals surface area (Å²) in [5.41, 5.74) is 2.34. The van der Waals surface area contributed by atoms with Gasteiger partial charge in [0.25, 0.3) is 5.91 Å². The molecular weight excluding hydrogens is 342 g/mol. The third kappa shape index (κ3) is 4.23. The van der Waals surface area contributed by atoms with Crippen LogP contribution < -0.4 is 14.8 Å². The molecule has 136 valence electrons. The van der Waals surface area contributed by atoms with Gasteiger partial charge in [-0.25, -0.2) is 9.97 Å². The van der Waals surface area contributed by atoms with Gasteiger partial charge in [0.15, 0.2) is 0 Å². The van der Waals surface area contributed by atoms with Crippen LogP contribution in [-0.4, -0.2) is 29.0 Å². The molecule has 27 heavy (non-hydrogen) atoms. The molecule has 3 aromatic rings. The van der Waals surface area contributed by atoms with Crippen LogP contribution in [0.3, 0.4) is 0 Å². The van der Waals surface area contributed by atoms with Crippen molar-refractivity contribution in [3.05, 3.63) is 66.5 Å². The van der Waals surface area contributed by atoms with Crippen molar-refractivity contribution >= 4 is 5.91 Å². The summed E-state index contributed by atoms with van der Waals surface area (Å²) in [5, 5.41) is 2.99. The van der Waals surface area contributed by atoms with Crippen molar-refractivity contribution in [2.75, 3.05) is 7.11 Å². The average molecular weight is 361 g/mol. The minimum absolute atomic E-state index is 0.0419. The van der Waals surface area contributed by atoms with Crippen molar-refractivity contribution in [3.63, 3.8) is 0 Å². The van der Waals surface area contributed by atoms with Gasteiger partial charge in [0.2, 0.25) is 0 Å². The summed E-state index contributed by atoms with van der Waals surface area (Å²) in [6.07, 6.45) is 5.50. The highest BCUT2D eigenvalue weighted by Gasteiger charge is 2.23. The third-order valence-electron chi connectivity index (χ3n) is 4.27. The number of benzene rings is 2. The molecule has 0 unspecified atom stereocenters. The van der Waals surface area contributed by atoms with E-state index < -0.39 is 0 Å². The van der Waals surface area contributed by atoms with E-state index in [1.54, 1.807) is 31.6 Å². The molecule has 1 fully saturated rings. The molecule has 0 aliphatic heterocycles. The summed E-state index contributed by atoms with van der Waals surface area (Å²) < 4.78 is 10.8. The smallest absolute Gasteiger partial charge is 0.321 e. The quantitative estimate of drug-likeness (QED) is 0.722. The van der Waals surface area contributed by atoms with Crippen molar-refractivity contribution in [2.24, 2.45) is 0 Å². The highest BCUT2D eigenvalue weighted by atomic mass is 16.5. The predicted octanol–water partition coefficient (Wildman–Crippen LogP) is 3.84. The van der Waals surface area contributed by atoms with Gasteiger partial charge in [0, 0.05) is 29.6 Å². The van der Waals surface area contributed by atoms with E-state index in [1.807, 2.05) is 36.4 Å². The lowest BCUT2D eigenvalue weighted by Crippen LogP contribution is -2.25. The van der Waals surface area contributed by atoms with Gasteiger partial charge in [0.1, 0.15) is 11.5 Å². The summed E-state index contributed by atoms with van der Waals surface area (Å²) in [6, 6.07) is 15.2. The summed E-state index contributed by atoms with van der Waals surface area (Å²) in [4.78, 5) is 20.7. The standard InChI is InChI=1S/C21H19N3O3/c1-26-18-7-9-19(10-8-18)27-21-22-12-16(13-23-21)14-3-2-4-15(11-14)20(25)24-17-5-6-17/h2-4,7-13,17H,5-6H2,1H3,(H,24,25). The lowest BCUT2D eigenvalue weighted by Gasteiger charge is -2.07. The second-order valence-corrected chi connectivity index (χ2v) is 6.36. The molecule has 2 aromatic carbocycles. The molecule has 6 heteroatoms. The van der Waals surface area contributed by atoms with Gasteiger partial charge >= 0.3 is 6.01 Å². The van der Waals surface area contributed by atoms with Crippen LogP contribution in [0.15, 0.2) is 60.9 Å². The van der Waals surface area contributed by atoms with Crippen LogP contribution in [-0.2, 0) is 0 Å². The highest BCUT2D eigenvalue weighted by Crippen LogP contribution is 2.24. The Kier molecular flexibility index (Phi) is 4.70. The summed E-state index contributed by atoms with van der Waals surface area (Å²) in [6.45, 7) is 0. The number of nitrogens with zero attached hydrogens (tertiary/aromatic N) is 2. The van der Waals surface area contributed by atoms with Crippen molar-refractivity contribution in [1.82, 2.24) is 15.3 Å². The summed E-state index contributed by atoms with van der Waals surface area (Å²) in [5.74, 6) is 1.34. The Bertz CT molecular complexity index is 936. The normalized spacial score (nSPS) is 13.1. The monoisotopic (exact) mass is 361 g/mol. The fraction of sp³-hybridized carbons (Fsp3) is 0.190. The van der Waals surface area contributed by atoms with Gasteiger partial charge < -0.3 is 14.8 Å². The number of carbonyl (C=O) groups is 1. The molecule has 0 radical (unpaired) electrons. The van der Waals surface area contributed by atoms with E-state index in [1.165, 1.54) is 0 Å². The van der Waals surface area contributed by atoms with Crippen LogP contribution in [0, 0.1) is 0 Å². The Morgan fingerprint density at radius 3 is 2.37 bits per heavy atom. The number of amides is 1. The summed E-state index contributed by atoms with van der Waals surface area (Å²) >= 11 is 0. The van der Waals surface area contributed by atoms with E-state index in [4.69, 9.17) is 9.47 Å².